The summed E-state index contributed by atoms with van der Waals surface area (Å²) < 4.78 is 45.5. The van der Waals surface area contributed by atoms with Crippen molar-refractivity contribution in [3.63, 3.8) is 0 Å². The van der Waals surface area contributed by atoms with Crippen molar-refractivity contribution in [2.75, 3.05) is 27.2 Å². The second kappa shape index (κ2) is 9.29. The van der Waals surface area contributed by atoms with Gasteiger partial charge < -0.3 is 10.1 Å². The van der Waals surface area contributed by atoms with Crippen LogP contribution in [0.25, 0.3) is 0 Å². The van der Waals surface area contributed by atoms with Crippen LogP contribution >= 0.6 is 0 Å². The Hall–Kier alpha value is -3.07. The van der Waals surface area contributed by atoms with Crippen molar-refractivity contribution in [3.8, 4) is 5.75 Å². The molecule has 0 aromatic heterocycles. The predicted molar refractivity (Wildman–Crippen MR) is 120 cm³/mol. The molecule has 4 rings (SSSR count). The van der Waals surface area contributed by atoms with Crippen LogP contribution in [0.5, 0.6) is 5.75 Å². The highest BCUT2D eigenvalue weighted by Gasteiger charge is 2.54. The first-order valence-corrected chi connectivity index (χ1v) is 11.2. The second-order valence-electron chi connectivity index (χ2n) is 9.00. The van der Waals surface area contributed by atoms with Gasteiger partial charge in [-0.2, -0.15) is 13.2 Å². The first-order chi connectivity index (χ1) is 16.1. The van der Waals surface area contributed by atoms with E-state index in [1.807, 2.05) is 29.2 Å². The van der Waals surface area contributed by atoms with Crippen LogP contribution in [0.15, 0.2) is 48.5 Å². The number of rotatable bonds is 6. The lowest BCUT2D eigenvalue weighted by molar-refractivity contribution is -0.138. The summed E-state index contributed by atoms with van der Waals surface area (Å²) in [5, 5.41) is 2.95. The van der Waals surface area contributed by atoms with Gasteiger partial charge >= 0.3 is 12.2 Å². The number of halogens is 3. The SMILES string of the molecule is COc1cccc(C[C@]2(C3CCN(Cc4ccccc4C(F)(F)F)CC3)NC(=O)N(C)C2=O)c1. The molecule has 2 saturated heterocycles. The summed E-state index contributed by atoms with van der Waals surface area (Å²) in [4.78, 5) is 28.8. The number of urea groups is 1. The average molecular weight is 476 g/mol. The van der Waals surface area contributed by atoms with Crippen molar-refractivity contribution in [1.29, 1.82) is 0 Å². The molecule has 182 valence electrons. The molecule has 0 unspecified atom stereocenters. The van der Waals surface area contributed by atoms with E-state index in [9.17, 15) is 22.8 Å². The third-order valence-electron chi connectivity index (χ3n) is 6.94. The summed E-state index contributed by atoms with van der Waals surface area (Å²) in [6, 6.07) is 12.6. The molecule has 1 N–H and O–H groups in total. The number of imide groups is 1. The third kappa shape index (κ3) is 4.61. The number of benzene rings is 2. The zero-order chi connectivity index (χ0) is 24.5. The van der Waals surface area contributed by atoms with Crippen LogP contribution < -0.4 is 10.1 Å². The first-order valence-electron chi connectivity index (χ1n) is 11.2. The molecule has 9 heteroatoms. The van der Waals surface area contributed by atoms with Gasteiger partial charge in [-0.1, -0.05) is 30.3 Å². The number of nitrogens with zero attached hydrogens (tertiary/aromatic N) is 2. The Balaban J connectivity index is 1.52. The normalized spacial score (nSPS) is 22.2. The molecule has 0 spiro atoms. The van der Waals surface area contributed by atoms with E-state index in [-0.39, 0.29) is 23.9 Å². The summed E-state index contributed by atoms with van der Waals surface area (Å²) in [7, 11) is 3.03. The number of methoxy groups -OCH3 is 1. The maximum absolute atomic E-state index is 13.4. The predicted octanol–water partition coefficient (Wildman–Crippen LogP) is 4.09. The second-order valence-corrected chi connectivity index (χ2v) is 9.00. The van der Waals surface area contributed by atoms with Crippen LogP contribution in [0, 0.1) is 5.92 Å². The van der Waals surface area contributed by atoms with Crippen molar-refractivity contribution in [2.24, 2.45) is 5.92 Å². The maximum Gasteiger partial charge on any atom is 0.416 e. The smallest absolute Gasteiger partial charge is 0.416 e. The van der Waals surface area contributed by atoms with Crippen molar-refractivity contribution in [1.82, 2.24) is 15.1 Å². The molecule has 2 aromatic carbocycles. The highest BCUT2D eigenvalue weighted by Crippen LogP contribution is 2.38. The van der Waals surface area contributed by atoms with Gasteiger partial charge in [0, 0.05) is 20.0 Å². The number of nitrogens with one attached hydrogen (secondary N) is 1. The molecule has 3 amide bonds. The van der Waals surface area contributed by atoms with E-state index in [4.69, 9.17) is 4.74 Å². The highest BCUT2D eigenvalue weighted by atomic mass is 19.4. The minimum Gasteiger partial charge on any atom is -0.497 e. The van der Waals surface area contributed by atoms with Crippen LogP contribution in [-0.4, -0.2) is 54.5 Å². The molecule has 0 saturated carbocycles. The number of hydrogen-bond donors (Lipinski definition) is 1. The van der Waals surface area contributed by atoms with Gasteiger partial charge in [0.1, 0.15) is 11.3 Å². The van der Waals surface area contributed by atoms with Crippen molar-refractivity contribution in [2.45, 2.75) is 37.5 Å². The standard InChI is InChI=1S/C25H28F3N3O3/c1-30-22(32)24(29-23(30)33,15-17-6-5-8-20(14-17)34-2)19-10-12-31(13-11-19)16-18-7-3-4-9-21(18)25(26,27)28/h3-9,14,19H,10-13,15-16H2,1-2H3,(H,29,33)/t24-/m1/s1. The lowest BCUT2D eigenvalue weighted by Crippen LogP contribution is -2.57. The monoisotopic (exact) mass is 475 g/mol. The van der Waals surface area contributed by atoms with Crippen molar-refractivity contribution in [3.05, 3.63) is 65.2 Å². The molecule has 2 aromatic rings. The molecular weight excluding hydrogens is 447 g/mol. The number of carbonyl (C=O) groups excluding carboxylic acids is 2. The van der Waals surface area contributed by atoms with Crippen LogP contribution in [0.3, 0.4) is 0 Å². The van der Waals surface area contributed by atoms with Gasteiger partial charge in [0.25, 0.3) is 5.91 Å². The van der Waals surface area contributed by atoms with Gasteiger partial charge in [0.05, 0.1) is 12.7 Å². The molecule has 6 nitrogen and oxygen atoms in total. The van der Waals surface area contributed by atoms with Gasteiger partial charge in [-0.05, 0) is 61.2 Å². The molecule has 1 atom stereocenters. The van der Waals surface area contributed by atoms with Crippen LogP contribution in [0.1, 0.15) is 29.5 Å². The van der Waals surface area contributed by atoms with Gasteiger partial charge in [-0.3, -0.25) is 14.6 Å². The lowest BCUT2D eigenvalue weighted by atomic mass is 9.74. The third-order valence-corrected chi connectivity index (χ3v) is 6.94. The Kier molecular flexibility index (Phi) is 6.58. The zero-order valence-corrected chi connectivity index (χ0v) is 19.2. The van der Waals surface area contributed by atoms with Crippen molar-refractivity contribution < 1.29 is 27.5 Å². The van der Waals surface area contributed by atoms with Crippen molar-refractivity contribution >= 4 is 11.9 Å². The van der Waals surface area contributed by atoms with E-state index in [0.29, 0.717) is 38.1 Å². The number of amides is 3. The fourth-order valence-corrected chi connectivity index (χ4v) is 5.12. The average Bonchev–Trinajstić information content (AvgIpc) is 3.03. The Morgan fingerprint density at radius 1 is 1.09 bits per heavy atom. The summed E-state index contributed by atoms with van der Waals surface area (Å²) in [6.07, 6.45) is -2.92. The summed E-state index contributed by atoms with van der Waals surface area (Å²) in [6.45, 7) is 1.25. The molecule has 0 radical (unpaired) electrons. The number of likely N-dealkylation sites (N-methyl/N-ethyl adjacent to an activating group) is 1. The molecule has 2 aliphatic rings. The Morgan fingerprint density at radius 2 is 1.79 bits per heavy atom. The minimum atomic E-state index is -4.40. The van der Waals surface area contributed by atoms with E-state index in [0.717, 1.165) is 16.5 Å². The summed E-state index contributed by atoms with van der Waals surface area (Å²) in [5.74, 6) is 0.242. The summed E-state index contributed by atoms with van der Waals surface area (Å²) >= 11 is 0. The Labute approximate surface area is 196 Å². The number of piperidine rings is 1. The molecular formula is C25H28F3N3O3. The van der Waals surface area contributed by atoms with E-state index in [2.05, 4.69) is 5.32 Å². The molecule has 34 heavy (non-hydrogen) atoms. The number of hydrogen-bond acceptors (Lipinski definition) is 4. The largest absolute Gasteiger partial charge is 0.497 e. The lowest BCUT2D eigenvalue weighted by Gasteiger charge is -2.41. The number of carbonyl (C=O) groups is 2. The molecule has 0 aliphatic carbocycles. The van der Waals surface area contributed by atoms with E-state index in [1.165, 1.54) is 19.2 Å². The Morgan fingerprint density at radius 3 is 2.41 bits per heavy atom. The van der Waals surface area contributed by atoms with Crippen LogP contribution in [0.2, 0.25) is 0 Å². The van der Waals surface area contributed by atoms with Crippen LogP contribution in [0.4, 0.5) is 18.0 Å². The van der Waals surface area contributed by atoms with Crippen LogP contribution in [-0.2, 0) is 23.9 Å². The highest BCUT2D eigenvalue weighted by molar-refractivity contribution is 6.07. The molecule has 2 fully saturated rings. The van der Waals surface area contributed by atoms with Gasteiger partial charge in [0.2, 0.25) is 0 Å². The first kappa shape index (κ1) is 24.1. The zero-order valence-electron chi connectivity index (χ0n) is 19.2. The van der Waals surface area contributed by atoms with Gasteiger partial charge in [0.15, 0.2) is 0 Å². The molecule has 2 aliphatic heterocycles. The molecule has 0 bridgehead atoms. The molecule has 2 heterocycles. The quantitative estimate of drug-likeness (QED) is 0.640. The Bertz CT molecular complexity index is 1070. The van der Waals surface area contributed by atoms with E-state index < -0.39 is 23.3 Å². The van der Waals surface area contributed by atoms with Gasteiger partial charge in [-0.25, -0.2) is 4.79 Å². The minimum absolute atomic E-state index is 0.144. The maximum atomic E-state index is 13.4. The van der Waals surface area contributed by atoms with E-state index >= 15 is 0 Å². The number of alkyl halides is 3. The fourth-order valence-electron chi connectivity index (χ4n) is 5.12. The number of ether oxygens (including phenoxy) is 1. The summed E-state index contributed by atoms with van der Waals surface area (Å²) in [5.41, 5.74) is -0.602. The number of likely N-dealkylation sites (tertiary alicyclic amines) is 1. The fraction of sp³-hybridized carbons (Fsp3) is 0.440. The van der Waals surface area contributed by atoms with Gasteiger partial charge in [-0.15, -0.1) is 0 Å². The van der Waals surface area contributed by atoms with E-state index in [1.54, 1.807) is 13.2 Å². The topological polar surface area (TPSA) is 61.9 Å².